The van der Waals surface area contributed by atoms with E-state index in [1.165, 1.54) is 16.1 Å². The summed E-state index contributed by atoms with van der Waals surface area (Å²) in [6.07, 6.45) is 1.11. The summed E-state index contributed by atoms with van der Waals surface area (Å²) in [6, 6.07) is 12.6. The Kier molecular flexibility index (Phi) is 15.4. The molecule has 0 amide bonds. The van der Waals surface area contributed by atoms with Crippen LogP contribution in [0.5, 0.6) is 0 Å². The van der Waals surface area contributed by atoms with Gasteiger partial charge in [-0.3, -0.25) is 0 Å². The van der Waals surface area contributed by atoms with Crippen LogP contribution in [0.25, 0.3) is 0 Å². The number of anilines is 1. The lowest BCUT2D eigenvalue weighted by atomic mass is 10.1. The van der Waals surface area contributed by atoms with Gasteiger partial charge < -0.3 is 14.9 Å². The summed E-state index contributed by atoms with van der Waals surface area (Å²) in [4.78, 5) is 17.4. The minimum atomic E-state index is 1.11. The van der Waals surface area contributed by atoms with E-state index < -0.39 is 0 Å². The first-order chi connectivity index (χ1) is 9.76. The Hall–Kier alpha value is -1.94. The zero-order valence-corrected chi connectivity index (χ0v) is 13.2. The number of hydrogen-bond donors (Lipinski definition) is 1. The van der Waals surface area contributed by atoms with Crippen molar-refractivity contribution in [3.63, 3.8) is 0 Å². The summed E-state index contributed by atoms with van der Waals surface area (Å²) in [5.74, 6) is 0. The lowest BCUT2D eigenvalue weighted by Gasteiger charge is -2.00. The summed E-state index contributed by atoms with van der Waals surface area (Å²) >= 11 is 1.78. The Morgan fingerprint density at radius 1 is 1.10 bits per heavy atom. The highest BCUT2D eigenvalue weighted by Gasteiger charge is 1.88. The van der Waals surface area contributed by atoms with E-state index in [0.717, 1.165) is 6.42 Å². The molecule has 0 bridgehead atoms. The number of benzene rings is 1. The molecule has 0 spiro atoms. The predicted octanol–water partition coefficient (Wildman–Crippen LogP) is 3.98. The third-order valence-electron chi connectivity index (χ3n) is 2.29. The Morgan fingerprint density at radius 2 is 1.75 bits per heavy atom. The van der Waals surface area contributed by atoms with Gasteiger partial charge in [-0.1, -0.05) is 25.1 Å². The smallest absolute Gasteiger partial charge is 0.106 e. The summed E-state index contributed by atoms with van der Waals surface area (Å²) < 4.78 is 0. The van der Waals surface area contributed by atoms with E-state index in [0.29, 0.717) is 0 Å². The molecule has 0 unspecified atom stereocenters. The second-order valence-corrected chi connectivity index (χ2v) is 4.68. The second kappa shape index (κ2) is 15.1. The number of rotatable bonds is 2. The lowest BCUT2D eigenvalue weighted by molar-refractivity contribution is -0.0987. The molecule has 1 heterocycles. The average molecular weight is 293 g/mol. The normalized spacial score (nSPS) is 7.75. The molecule has 0 fully saturated rings. The molecule has 0 radical (unpaired) electrons. The van der Waals surface area contributed by atoms with Crippen LogP contribution < -0.4 is 5.32 Å². The van der Waals surface area contributed by atoms with Gasteiger partial charge in [0.25, 0.3) is 0 Å². The molecule has 20 heavy (non-hydrogen) atoms. The van der Waals surface area contributed by atoms with Crippen LogP contribution in [0.1, 0.15) is 17.4 Å². The topological polar surface area (TPSA) is 46.2 Å². The molecule has 1 aromatic heterocycles. The van der Waals surface area contributed by atoms with Gasteiger partial charge in [0.2, 0.25) is 0 Å². The Bertz CT molecular complexity index is 409. The van der Waals surface area contributed by atoms with E-state index in [1.54, 1.807) is 11.3 Å². The third-order valence-corrected chi connectivity index (χ3v) is 3.09. The molecule has 3 nitrogen and oxygen atoms in total. The van der Waals surface area contributed by atoms with Crippen molar-refractivity contribution < 1.29 is 9.59 Å². The molecular weight excluding hydrogens is 270 g/mol. The summed E-state index contributed by atoms with van der Waals surface area (Å²) in [5, 5.41) is 5.18. The molecule has 110 valence electrons. The molecular formula is C16H23NO2S. The van der Waals surface area contributed by atoms with Crippen molar-refractivity contribution in [2.24, 2.45) is 0 Å². The molecule has 0 aliphatic carbocycles. The largest absolute Gasteiger partial charge is 0.388 e. The Morgan fingerprint density at radius 3 is 2.10 bits per heavy atom. The molecule has 0 aliphatic rings. The molecule has 1 N–H and O–H groups in total. The number of carbonyl (C=O) groups is 2. The highest BCUT2D eigenvalue weighted by atomic mass is 32.1. The van der Waals surface area contributed by atoms with Crippen molar-refractivity contribution >= 4 is 30.6 Å². The Balaban J connectivity index is 0. The van der Waals surface area contributed by atoms with Crippen LogP contribution in [0, 0.1) is 6.92 Å². The first-order valence-corrected chi connectivity index (χ1v) is 6.98. The van der Waals surface area contributed by atoms with E-state index in [-0.39, 0.29) is 0 Å². The fraction of sp³-hybridized carbons (Fsp3) is 0.250. The van der Waals surface area contributed by atoms with E-state index in [2.05, 4.69) is 60.9 Å². The molecule has 0 aliphatic heterocycles. The maximum Gasteiger partial charge on any atom is 0.106 e. The minimum absolute atomic E-state index is 1.11. The van der Waals surface area contributed by atoms with Crippen LogP contribution >= 0.6 is 11.3 Å². The van der Waals surface area contributed by atoms with Gasteiger partial charge in [-0.25, -0.2) is 0 Å². The van der Waals surface area contributed by atoms with Gasteiger partial charge in [-0.2, -0.15) is 0 Å². The van der Waals surface area contributed by atoms with Gasteiger partial charge >= 0.3 is 0 Å². The number of carbonyl (C=O) groups excluding carboxylic acids is 2. The van der Waals surface area contributed by atoms with Crippen LogP contribution in [0.2, 0.25) is 0 Å². The number of aryl methyl sites for hydroxylation is 2. The third kappa shape index (κ3) is 10.0. The minimum Gasteiger partial charge on any atom is -0.388 e. The summed E-state index contributed by atoms with van der Waals surface area (Å²) in [7, 11) is 1.94. The number of nitrogens with one attached hydrogen (secondary N) is 1. The zero-order chi connectivity index (χ0) is 15.8. The van der Waals surface area contributed by atoms with Crippen LogP contribution in [0.15, 0.2) is 41.8 Å². The quantitative estimate of drug-likeness (QED) is 0.911. The maximum absolute atomic E-state index is 8.00. The number of hydrogen-bond acceptors (Lipinski definition) is 4. The predicted molar refractivity (Wildman–Crippen MR) is 88.7 cm³/mol. The van der Waals surface area contributed by atoms with E-state index in [9.17, 15) is 0 Å². The summed E-state index contributed by atoms with van der Waals surface area (Å²) in [6.45, 7) is 8.26. The fourth-order valence-electron chi connectivity index (χ4n) is 1.31. The molecule has 0 saturated heterocycles. The monoisotopic (exact) mass is 293 g/mol. The molecule has 0 atom stereocenters. The molecule has 0 saturated carbocycles. The van der Waals surface area contributed by atoms with Gasteiger partial charge in [-0.05, 0) is 42.5 Å². The van der Waals surface area contributed by atoms with Gasteiger partial charge in [-0.15, -0.1) is 11.3 Å². The Labute approximate surface area is 125 Å². The zero-order valence-electron chi connectivity index (χ0n) is 12.4. The van der Waals surface area contributed by atoms with Crippen molar-refractivity contribution in [2.75, 3.05) is 12.4 Å². The number of thiophene rings is 1. The van der Waals surface area contributed by atoms with Crippen molar-refractivity contribution in [2.45, 2.75) is 20.3 Å². The van der Waals surface area contributed by atoms with E-state index in [1.807, 2.05) is 20.6 Å². The molecule has 1 aromatic carbocycles. The fourth-order valence-corrected chi connectivity index (χ4v) is 1.84. The first-order valence-electron chi connectivity index (χ1n) is 6.10. The van der Waals surface area contributed by atoms with Crippen molar-refractivity contribution in [3.8, 4) is 0 Å². The van der Waals surface area contributed by atoms with Gasteiger partial charge in [0.1, 0.15) is 13.6 Å². The van der Waals surface area contributed by atoms with Gasteiger partial charge in [0, 0.05) is 17.6 Å². The lowest BCUT2D eigenvalue weighted by Crippen LogP contribution is -1.88. The molecule has 2 rings (SSSR count). The highest BCUT2D eigenvalue weighted by Crippen LogP contribution is 2.09. The maximum atomic E-state index is 8.00. The average Bonchev–Trinajstić information content (AvgIpc) is 3.03. The van der Waals surface area contributed by atoms with Crippen LogP contribution in [-0.4, -0.2) is 20.6 Å². The SMILES string of the molecule is C=O.C=O.CCc1cccc(NC)c1.Cc1cccs1. The van der Waals surface area contributed by atoms with E-state index in [4.69, 9.17) is 9.59 Å². The first kappa shape index (κ1) is 20.4. The van der Waals surface area contributed by atoms with Crippen molar-refractivity contribution in [1.82, 2.24) is 0 Å². The van der Waals surface area contributed by atoms with Gasteiger partial charge in [0.15, 0.2) is 0 Å². The van der Waals surface area contributed by atoms with Crippen LogP contribution in [0.3, 0.4) is 0 Å². The van der Waals surface area contributed by atoms with Crippen molar-refractivity contribution in [1.29, 1.82) is 0 Å². The van der Waals surface area contributed by atoms with E-state index >= 15 is 0 Å². The summed E-state index contributed by atoms with van der Waals surface area (Å²) in [5.41, 5.74) is 2.58. The van der Waals surface area contributed by atoms with Gasteiger partial charge in [0.05, 0.1) is 0 Å². The highest BCUT2D eigenvalue weighted by molar-refractivity contribution is 7.09. The molecule has 2 aromatic rings. The standard InChI is InChI=1S/C9H13N.C5H6S.2CH2O/c1-3-8-5-4-6-9(7-8)10-2;1-5-3-2-4-6-5;2*1-2/h4-7,10H,3H2,1-2H3;2-4H,1H3;2*1H2. The molecule has 4 heteroatoms. The second-order valence-electron chi connectivity index (χ2n) is 3.53. The van der Waals surface area contributed by atoms with Crippen LogP contribution in [-0.2, 0) is 16.0 Å². The van der Waals surface area contributed by atoms with Crippen molar-refractivity contribution in [3.05, 3.63) is 52.2 Å². The van der Waals surface area contributed by atoms with Crippen LogP contribution in [0.4, 0.5) is 5.69 Å².